The minimum absolute atomic E-state index is 0.286. The zero-order valence-corrected chi connectivity index (χ0v) is 11.4. The highest BCUT2D eigenvalue weighted by molar-refractivity contribution is 7.99. The fourth-order valence-corrected chi connectivity index (χ4v) is 2.78. The van der Waals surface area contributed by atoms with Gasteiger partial charge in [-0.1, -0.05) is 11.8 Å². The van der Waals surface area contributed by atoms with E-state index in [-0.39, 0.29) is 5.82 Å². The largest absolute Gasteiger partial charge is 0.329 e. The third-order valence-corrected chi connectivity index (χ3v) is 3.92. The second kappa shape index (κ2) is 6.16. The number of hydrogen-bond donors (Lipinski definition) is 1. The maximum Gasteiger partial charge on any atom is 0.132 e. The van der Waals surface area contributed by atoms with Crippen LogP contribution in [0, 0.1) is 12.7 Å². The zero-order valence-electron chi connectivity index (χ0n) is 10.6. The second-order valence-corrected chi connectivity index (χ2v) is 5.15. The number of aryl methyl sites for hydroxylation is 1. The zero-order chi connectivity index (χ0) is 13.8. The number of halogens is 2. The molecule has 0 saturated heterocycles. The third-order valence-electron chi connectivity index (χ3n) is 2.67. The average molecular weight is 283 g/mol. The lowest BCUT2D eigenvalue weighted by molar-refractivity contribution is 0.440. The molecule has 0 aliphatic rings. The highest BCUT2D eigenvalue weighted by Crippen LogP contribution is 2.33. The number of benzene rings is 1. The molecule has 1 aromatic heterocycles. The number of rotatable bonds is 5. The molecule has 2 aromatic rings. The van der Waals surface area contributed by atoms with Gasteiger partial charge in [-0.15, -0.1) is 0 Å². The first-order valence-corrected chi connectivity index (χ1v) is 6.73. The van der Waals surface area contributed by atoms with E-state index in [1.807, 2.05) is 6.92 Å². The molecule has 0 fully saturated rings. The predicted molar refractivity (Wildman–Crippen MR) is 71.4 cm³/mol. The fourth-order valence-electron chi connectivity index (χ4n) is 1.80. The molecule has 0 amide bonds. The van der Waals surface area contributed by atoms with E-state index in [2.05, 4.69) is 5.10 Å². The molecule has 0 radical (unpaired) electrons. The quantitative estimate of drug-likeness (QED) is 0.917. The lowest BCUT2D eigenvalue weighted by Crippen LogP contribution is -2.13. The topological polar surface area (TPSA) is 43.8 Å². The van der Waals surface area contributed by atoms with Crippen LogP contribution in [0.25, 0.3) is 0 Å². The van der Waals surface area contributed by atoms with E-state index in [0.717, 1.165) is 15.5 Å². The summed E-state index contributed by atoms with van der Waals surface area (Å²) in [6, 6.07) is 6.11. The van der Waals surface area contributed by atoms with Crippen molar-refractivity contribution in [3.05, 3.63) is 41.5 Å². The summed E-state index contributed by atoms with van der Waals surface area (Å²) >= 11 is 1.39. The smallest absolute Gasteiger partial charge is 0.132 e. The number of alkyl halides is 1. The normalized spacial score (nSPS) is 10.9. The molecule has 0 aliphatic heterocycles. The van der Waals surface area contributed by atoms with Crippen LogP contribution in [0.15, 0.2) is 34.1 Å². The van der Waals surface area contributed by atoms with Crippen LogP contribution in [0.3, 0.4) is 0 Å². The van der Waals surface area contributed by atoms with Gasteiger partial charge in [0.15, 0.2) is 0 Å². The summed E-state index contributed by atoms with van der Waals surface area (Å²) in [6.07, 6.45) is 0. The molecule has 0 bridgehead atoms. The van der Waals surface area contributed by atoms with E-state index in [9.17, 15) is 8.78 Å². The van der Waals surface area contributed by atoms with Gasteiger partial charge in [-0.3, -0.25) is 4.68 Å². The molecule has 102 valence electrons. The van der Waals surface area contributed by atoms with Gasteiger partial charge in [0, 0.05) is 11.4 Å². The van der Waals surface area contributed by atoms with E-state index < -0.39 is 6.67 Å². The summed E-state index contributed by atoms with van der Waals surface area (Å²) in [5, 5.41) is 4.29. The second-order valence-electron chi connectivity index (χ2n) is 4.06. The Hall–Kier alpha value is -1.40. The Morgan fingerprint density at radius 2 is 2.00 bits per heavy atom. The van der Waals surface area contributed by atoms with Gasteiger partial charge in [0.05, 0.1) is 22.8 Å². The molecule has 6 heteroatoms. The van der Waals surface area contributed by atoms with E-state index >= 15 is 0 Å². The Balaban J connectivity index is 2.31. The van der Waals surface area contributed by atoms with Gasteiger partial charge >= 0.3 is 0 Å². The molecule has 0 unspecified atom stereocenters. The molecular weight excluding hydrogens is 268 g/mol. The summed E-state index contributed by atoms with van der Waals surface area (Å²) in [5.41, 5.74) is 6.77. The van der Waals surface area contributed by atoms with Crippen LogP contribution in [0.1, 0.15) is 11.4 Å². The fraction of sp³-hybridized carbons (Fsp3) is 0.308. The van der Waals surface area contributed by atoms with Gasteiger partial charge in [0.1, 0.15) is 12.5 Å². The van der Waals surface area contributed by atoms with Crippen LogP contribution in [0.4, 0.5) is 8.78 Å². The first-order chi connectivity index (χ1) is 9.15. The summed E-state index contributed by atoms with van der Waals surface area (Å²) in [6.45, 7) is 2.14. The molecule has 2 N–H and O–H groups in total. The predicted octanol–water partition coefficient (Wildman–Crippen LogP) is 2.91. The molecule has 2 rings (SSSR count). The van der Waals surface area contributed by atoms with Crippen molar-refractivity contribution >= 4 is 11.8 Å². The lowest BCUT2D eigenvalue weighted by Gasteiger charge is -2.05. The highest BCUT2D eigenvalue weighted by Gasteiger charge is 2.15. The first kappa shape index (κ1) is 14.0. The van der Waals surface area contributed by atoms with E-state index in [0.29, 0.717) is 18.8 Å². The van der Waals surface area contributed by atoms with Crippen LogP contribution < -0.4 is 5.73 Å². The minimum atomic E-state index is -0.593. The highest BCUT2D eigenvalue weighted by atomic mass is 32.2. The van der Waals surface area contributed by atoms with E-state index in [1.54, 1.807) is 16.8 Å². The summed E-state index contributed by atoms with van der Waals surface area (Å²) < 4.78 is 27.6. The standard InChI is InChI=1S/C13H15F2N3S/c1-9-13(12(8-14)18(17-9)7-6-16)19-11-4-2-10(15)3-5-11/h2-5H,6-8,16H2,1H3. The van der Waals surface area contributed by atoms with Gasteiger partial charge in [0.2, 0.25) is 0 Å². The van der Waals surface area contributed by atoms with Crippen molar-refractivity contribution in [2.24, 2.45) is 5.73 Å². The molecule has 0 saturated carbocycles. The monoisotopic (exact) mass is 283 g/mol. The van der Waals surface area contributed by atoms with E-state index in [4.69, 9.17) is 5.73 Å². The summed E-state index contributed by atoms with van der Waals surface area (Å²) in [4.78, 5) is 1.63. The van der Waals surface area contributed by atoms with Crippen molar-refractivity contribution in [1.82, 2.24) is 9.78 Å². The van der Waals surface area contributed by atoms with Crippen molar-refractivity contribution in [2.45, 2.75) is 29.9 Å². The number of nitrogens with zero attached hydrogens (tertiary/aromatic N) is 2. The molecule has 0 aliphatic carbocycles. The van der Waals surface area contributed by atoms with Gasteiger partial charge in [0.25, 0.3) is 0 Å². The third kappa shape index (κ3) is 3.13. The Kier molecular flexibility index (Phi) is 4.55. The van der Waals surface area contributed by atoms with Crippen LogP contribution in [-0.4, -0.2) is 16.3 Å². The number of nitrogens with two attached hydrogens (primary N) is 1. The summed E-state index contributed by atoms with van der Waals surface area (Å²) in [7, 11) is 0. The first-order valence-electron chi connectivity index (χ1n) is 5.91. The average Bonchev–Trinajstić information content (AvgIpc) is 2.69. The molecule has 1 aromatic carbocycles. The van der Waals surface area contributed by atoms with Crippen molar-refractivity contribution in [3.8, 4) is 0 Å². The number of hydrogen-bond acceptors (Lipinski definition) is 3. The van der Waals surface area contributed by atoms with Crippen LogP contribution in [0.2, 0.25) is 0 Å². The summed E-state index contributed by atoms with van der Waals surface area (Å²) in [5.74, 6) is -0.286. The Morgan fingerprint density at radius 1 is 1.32 bits per heavy atom. The van der Waals surface area contributed by atoms with E-state index in [1.165, 1.54) is 23.9 Å². The molecule has 3 nitrogen and oxygen atoms in total. The van der Waals surface area contributed by atoms with Gasteiger partial charge in [-0.2, -0.15) is 5.10 Å². The molecule has 19 heavy (non-hydrogen) atoms. The van der Waals surface area contributed by atoms with Crippen LogP contribution in [-0.2, 0) is 13.2 Å². The molecule has 1 heterocycles. The molecular formula is C13H15F2N3S. The maximum atomic E-state index is 13.2. The van der Waals surface area contributed by atoms with Crippen molar-refractivity contribution in [1.29, 1.82) is 0 Å². The number of aromatic nitrogens is 2. The molecule has 0 spiro atoms. The van der Waals surface area contributed by atoms with Crippen molar-refractivity contribution in [2.75, 3.05) is 6.54 Å². The Bertz CT molecular complexity index is 552. The van der Waals surface area contributed by atoms with Gasteiger partial charge in [-0.05, 0) is 31.2 Å². The lowest BCUT2D eigenvalue weighted by atomic mass is 10.3. The SMILES string of the molecule is Cc1nn(CCN)c(CF)c1Sc1ccc(F)cc1. The van der Waals surface area contributed by atoms with Crippen molar-refractivity contribution < 1.29 is 8.78 Å². The van der Waals surface area contributed by atoms with Crippen molar-refractivity contribution in [3.63, 3.8) is 0 Å². The minimum Gasteiger partial charge on any atom is -0.329 e. The molecule has 0 atom stereocenters. The Labute approximate surface area is 114 Å². The van der Waals surface area contributed by atoms with Gasteiger partial charge < -0.3 is 5.73 Å². The Morgan fingerprint density at radius 3 is 2.58 bits per heavy atom. The van der Waals surface area contributed by atoms with Crippen LogP contribution in [0.5, 0.6) is 0 Å². The van der Waals surface area contributed by atoms with Gasteiger partial charge in [-0.25, -0.2) is 8.78 Å². The van der Waals surface area contributed by atoms with Crippen LogP contribution >= 0.6 is 11.8 Å². The maximum absolute atomic E-state index is 13.2.